The van der Waals surface area contributed by atoms with Crippen molar-refractivity contribution < 1.29 is 17.9 Å². The second-order valence-electron chi connectivity index (χ2n) is 9.67. The molecule has 2 aliphatic rings. The number of halogens is 3. The van der Waals surface area contributed by atoms with Crippen molar-refractivity contribution in [2.75, 3.05) is 0 Å². The maximum atomic E-state index is 12.3. The van der Waals surface area contributed by atoms with E-state index in [9.17, 15) is 13.2 Å². The van der Waals surface area contributed by atoms with Crippen molar-refractivity contribution >= 4 is 0 Å². The standard InChI is InChI=1S/C29H33F3O/c1-2-3-4-5-6-22-11-17-27-24(19-22)13-14-25-20-23(12-18-28(25)27)8-7-21-9-15-26(16-10-21)33-29(30,31)32/h9-10,12,15-16,18,20,22,24,27H,2-6,11,13-14,17,19H2,1H3/t22-,24-,27+/m1/s1. The van der Waals surface area contributed by atoms with Gasteiger partial charge in [-0.1, -0.05) is 56.9 Å². The van der Waals surface area contributed by atoms with E-state index >= 15 is 0 Å². The molecule has 4 rings (SSSR count). The smallest absolute Gasteiger partial charge is 0.406 e. The van der Waals surface area contributed by atoms with E-state index in [-0.39, 0.29) is 5.75 Å². The third-order valence-corrected chi connectivity index (χ3v) is 7.32. The number of alkyl halides is 3. The van der Waals surface area contributed by atoms with Crippen LogP contribution < -0.4 is 4.74 Å². The second kappa shape index (κ2) is 10.7. The van der Waals surface area contributed by atoms with E-state index < -0.39 is 6.36 Å². The Balaban J connectivity index is 1.37. The van der Waals surface area contributed by atoms with Crippen LogP contribution in [-0.4, -0.2) is 6.36 Å². The Bertz CT molecular complexity index is 981. The van der Waals surface area contributed by atoms with Gasteiger partial charge in [-0.2, -0.15) is 0 Å². The minimum absolute atomic E-state index is 0.230. The molecule has 176 valence electrons. The summed E-state index contributed by atoms with van der Waals surface area (Å²) >= 11 is 0. The highest BCUT2D eigenvalue weighted by Crippen LogP contribution is 2.48. The SMILES string of the molecule is CCCCCC[C@@H]1CC[C@@H]2c3ccc(C#Cc4ccc(OC(F)(F)F)cc4)cc3CC[C@@H]2C1. The largest absolute Gasteiger partial charge is 0.573 e. The molecule has 2 aliphatic carbocycles. The zero-order valence-electron chi connectivity index (χ0n) is 19.4. The van der Waals surface area contributed by atoms with Crippen molar-refractivity contribution in [2.45, 2.75) is 83.4 Å². The fraction of sp³-hybridized carbons (Fsp3) is 0.517. The van der Waals surface area contributed by atoms with Gasteiger partial charge < -0.3 is 4.74 Å². The lowest BCUT2D eigenvalue weighted by molar-refractivity contribution is -0.274. The molecule has 2 aromatic carbocycles. The number of aryl methyl sites for hydroxylation is 1. The van der Waals surface area contributed by atoms with Gasteiger partial charge in [0.1, 0.15) is 5.75 Å². The van der Waals surface area contributed by atoms with E-state index in [0.717, 1.165) is 23.8 Å². The van der Waals surface area contributed by atoms with Gasteiger partial charge in [-0.3, -0.25) is 0 Å². The van der Waals surface area contributed by atoms with Crippen LogP contribution in [0, 0.1) is 23.7 Å². The van der Waals surface area contributed by atoms with Gasteiger partial charge in [0.2, 0.25) is 0 Å². The summed E-state index contributed by atoms with van der Waals surface area (Å²) in [5, 5.41) is 0. The first-order valence-electron chi connectivity index (χ1n) is 12.4. The average molecular weight is 455 g/mol. The molecule has 1 fully saturated rings. The third kappa shape index (κ3) is 6.56. The number of unbranched alkanes of at least 4 members (excludes halogenated alkanes) is 3. The first-order chi connectivity index (χ1) is 15.9. The zero-order valence-corrected chi connectivity index (χ0v) is 19.4. The van der Waals surface area contributed by atoms with Gasteiger partial charge >= 0.3 is 6.36 Å². The van der Waals surface area contributed by atoms with Crippen LogP contribution in [-0.2, 0) is 6.42 Å². The van der Waals surface area contributed by atoms with Gasteiger partial charge in [0.15, 0.2) is 0 Å². The van der Waals surface area contributed by atoms with Crippen LogP contribution in [0.2, 0.25) is 0 Å². The Morgan fingerprint density at radius 1 is 0.909 bits per heavy atom. The van der Waals surface area contributed by atoms with Crippen molar-refractivity contribution in [1.29, 1.82) is 0 Å². The number of benzene rings is 2. The fourth-order valence-corrected chi connectivity index (χ4v) is 5.70. The van der Waals surface area contributed by atoms with Gasteiger partial charge in [0.25, 0.3) is 0 Å². The van der Waals surface area contributed by atoms with Gasteiger partial charge in [0, 0.05) is 11.1 Å². The summed E-state index contributed by atoms with van der Waals surface area (Å²) in [6, 6.07) is 12.3. The topological polar surface area (TPSA) is 9.23 Å². The fourth-order valence-electron chi connectivity index (χ4n) is 5.70. The molecule has 0 radical (unpaired) electrons. The first-order valence-corrected chi connectivity index (χ1v) is 12.4. The summed E-state index contributed by atoms with van der Waals surface area (Å²) in [4.78, 5) is 0. The van der Waals surface area contributed by atoms with Gasteiger partial charge in [0.05, 0.1) is 0 Å². The van der Waals surface area contributed by atoms with Gasteiger partial charge in [-0.25, -0.2) is 0 Å². The van der Waals surface area contributed by atoms with Gasteiger partial charge in [-0.15, -0.1) is 13.2 Å². The molecule has 0 unspecified atom stereocenters. The van der Waals surface area contributed by atoms with E-state index in [4.69, 9.17) is 0 Å². The Kier molecular flexibility index (Phi) is 7.68. The molecular weight excluding hydrogens is 421 g/mol. The van der Waals surface area contributed by atoms with Crippen LogP contribution in [0.25, 0.3) is 0 Å². The molecule has 0 heterocycles. The molecule has 0 amide bonds. The molecule has 0 N–H and O–H groups in total. The molecule has 0 spiro atoms. The van der Waals surface area contributed by atoms with E-state index in [1.807, 2.05) is 0 Å². The van der Waals surface area contributed by atoms with E-state index in [1.165, 1.54) is 81.0 Å². The highest BCUT2D eigenvalue weighted by Gasteiger charge is 2.35. The number of rotatable bonds is 6. The van der Waals surface area contributed by atoms with Crippen molar-refractivity contribution in [1.82, 2.24) is 0 Å². The zero-order chi connectivity index (χ0) is 23.3. The van der Waals surface area contributed by atoms with E-state index in [2.05, 4.69) is 41.7 Å². The number of hydrogen-bond acceptors (Lipinski definition) is 1. The quantitative estimate of drug-likeness (QED) is 0.314. The maximum absolute atomic E-state index is 12.3. The van der Waals surface area contributed by atoms with Crippen LogP contribution >= 0.6 is 0 Å². The predicted octanol–water partition coefficient (Wildman–Crippen LogP) is 8.40. The van der Waals surface area contributed by atoms with Crippen LogP contribution in [0.3, 0.4) is 0 Å². The molecule has 3 atom stereocenters. The summed E-state index contributed by atoms with van der Waals surface area (Å²) in [6.45, 7) is 2.27. The van der Waals surface area contributed by atoms with Crippen molar-refractivity contribution in [3.63, 3.8) is 0 Å². The molecule has 4 heteroatoms. The predicted molar refractivity (Wildman–Crippen MR) is 126 cm³/mol. The summed E-state index contributed by atoms with van der Waals surface area (Å²) in [5.74, 6) is 8.46. The minimum atomic E-state index is -4.68. The van der Waals surface area contributed by atoms with Gasteiger partial charge in [-0.05, 0) is 97.4 Å². The Morgan fingerprint density at radius 3 is 2.42 bits per heavy atom. The number of ether oxygens (including phenoxy) is 1. The number of fused-ring (bicyclic) bond motifs is 3. The molecule has 0 aliphatic heterocycles. The molecule has 1 nitrogen and oxygen atoms in total. The molecule has 1 saturated carbocycles. The van der Waals surface area contributed by atoms with Crippen molar-refractivity contribution in [2.24, 2.45) is 11.8 Å². The van der Waals surface area contributed by atoms with Crippen molar-refractivity contribution in [3.05, 3.63) is 64.7 Å². The Morgan fingerprint density at radius 2 is 1.67 bits per heavy atom. The van der Waals surface area contributed by atoms with Crippen LogP contribution in [0.4, 0.5) is 13.2 Å². The lowest BCUT2D eigenvalue weighted by Crippen LogP contribution is -2.28. The molecular formula is C29H33F3O. The molecule has 0 bridgehead atoms. The minimum Gasteiger partial charge on any atom is -0.406 e. The van der Waals surface area contributed by atoms with E-state index in [0.29, 0.717) is 11.5 Å². The average Bonchev–Trinajstić information content (AvgIpc) is 2.80. The first kappa shape index (κ1) is 23.7. The second-order valence-corrected chi connectivity index (χ2v) is 9.67. The summed E-state index contributed by atoms with van der Waals surface area (Å²) in [6.07, 6.45) is 8.67. The van der Waals surface area contributed by atoms with Crippen molar-refractivity contribution in [3.8, 4) is 17.6 Å². The Labute approximate surface area is 195 Å². The molecule has 0 aromatic heterocycles. The highest BCUT2D eigenvalue weighted by atomic mass is 19.4. The third-order valence-electron chi connectivity index (χ3n) is 7.32. The number of hydrogen-bond donors (Lipinski definition) is 0. The molecule has 0 saturated heterocycles. The lowest BCUT2D eigenvalue weighted by atomic mass is 9.64. The maximum Gasteiger partial charge on any atom is 0.573 e. The Hall–Kier alpha value is -2.41. The highest BCUT2D eigenvalue weighted by molar-refractivity contribution is 5.48. The van der Waals surface area contributed by atoms with Crippen LogP contribution in [0.15, 0.2) is 42.5 Å². The van der Waals surface area contributed by atoms with E-state index in [1.54, 1.807) is 12.1 Å². The summed E-state index contributed by atoms with van der Waals surface area (Å²) in [7, 11) is 0. The summed E-state index contributed by atoms with van der Waals surface area (Å²) < 4.78 is 40.8. The normalized spacial score (nSPS) is 22.0. The monoisotopic (exact) mass is 454 g/mol. The van der Waals surface area contributed by atoms with Crippen LogP contribution in [0.1, 0.15) is 92.9 Å². The summed E-state index contributed by atoms with van der Waals surface area (Å²) in [5.41, 5.74) is 4.58. The van der Waals surface area contributed by atoms with Crippen LogP contribution in [0.5, 0.6) is 5.75 Å². The molecule has 33 heavy (non-hydrogen) atoms. The molecule has 2 aromatic rings. The lowest BCUT2D eigenvalue weighted by Gasteiger charge is -2.40.